The third-order valence-corrected chi connectivity index (χ3v) is 1.88. The molecule has 68 valence electrons. The summed E-state index contributed by atoms with van der Waals surface area (Å²) in [5.74, 6) is -1.20. The van der Waals surface area contributed by atoms with E-state index in [1.54, 1.807) is 6.26 Å². The van der Waals surface area contributed by atoms with Crippen molar-refractivity contribution in [1.82, 2.24) is 9.97 Å². The summed E-state index contributed by atoms with van der Waals surface area (Å²) in [7, 11) is 0. The monoisotopic (exact) mass is 198 g/mol. The second-order valence-electron chi connectivity index (χ2n) is 2.08. The summed E-state index contributed by atoms with van der Waals surface area (Å²) in [5.41, 5.74) is -0.264. The Balaban J connectivity index is 3.23. The van der Waals surface area contributed by atoms with E-state index < -0.39 is 5.97 Å². The Morgan fingerprint density at radius 2 is 2.38 bits per heavy atom. The van der Waals surface area contributed by atoms with Crippen molar-refractivity contribution >= 4 is 24.0 Å². The minimum Gasteiger partial charge on any atom is -0.478 e. The smallest absolute Gasteiger partial charge is 0.339 e. The van der Waals surface area contributed by atoms with Crippen molar-refractivity contribution < 1.29 is 14.7 Å². The third kappa shape index (κ3) is 2.03. The molecule has 0 atom stereocenters. The number of rotatable bonds is 3. The van der Waals surface area contributed by atoms with Gasteiger partial charge in [-0.05, 0) is 6.26 Å². The molecule has 5 nitrogen and oxygen atoms in total. The highest BCUT2D eigenvalue weighted by Gasteiger charge is 2.11. The van der Waals surface area contributed by atoms with Gasteiger partial charge in [0.2, 0.25) is 0 Å². The van der Waals surface area contributed by atoms with Crippen LogP contribution in [0.5, 0.6) is 0 Å². The van der Waals surface area contributed by atoms with Crippen molar-refractivity contribution in [3.63, 3.8) is 0 Å². The van der Waals surface area contributed by atoms with E-state index in [1.165, 1.54) is 11.8 Å². The van der Waals surface area contributed by atoms with Gasteiger partial charge >= 0.3 is 5.97 Å². The van der Waals surface area contributed by atoms with Gasteiger partial charge < -0.3 is 5.11 Å². The molecule has 0 saturated heterocycles. The third-order valence-electron chi connectivity index (χ3n) is 1.32. The molecule has 1 heterocycles. The number of nitrogens with zero attached hydrogens (tertiary/aromatic N) is 2. The molecule has 0 aliphatic rings. The summed E-state index contributed by atoms with van der Waals surface area (Å²) >= 11 is 1.24. The first-order chi connectivity index (χ1) is 6.19. The SMILES string of the molecule is CSc1ncc(C(=O)O)c(C=O)n1. The maximum atomic E-state index is 10.5. The van der Waals surface area contributed by atoms with Gasteiger partial charge in [-0.25, -0.2) is 14.8 Å². The second kappa shape index (κ2) is 3.99. The molecular formula is C7H6N2O3S. The number of aldehydes is 1. The van der Waals surface area contributed by atoms with Crippen LogP contribution in [-0.2, 0) is 0 Å². The van der Waals surface area contributed by atoms with Crippen molar-refractivity contribution in [2.75, 3.05) is 6.26 Å². The molecule has 6 heteroatoms. The van der Waals surface area contributed by atoms with E-state index >= 15 is 0 Å². The van der Waals surface area contributed by atoms with Crippen LogP contribution in [0.1, 0.15) is 20.8 Å². The van der Waals surface area contributed by atoms with E-state index in [0.717, 1.165) is 6.20 Å². The van der Waals surface area contributed by atoms with Crippen LogP contribution in [0, 0.1) is 0 Å². The predicted octanol–water partition coefficient (Wildman–Crippen LogP) is 0.709. The van der Waals surface area contributed by atoms with Gasteiger partial charge in [-0.15, -0.1) is 0 Å². The van der Waals surface area contributed by atoms with E-state index in [9.17, 15) is 9.59 Å². The number of thioether (sulfide) groups is 1. The standard InChI is InChI=1S/C7H6N2O3S/c1-13-7-8-2-4(6(11)12)5(3-10)9-7/h2-3H,1H3,(H,11,12). The summed E-state index contributed by atoms with van der Waals surface area (Å²) in [6.07, 6.45) is 3.28. The number of carbonyl (C=O) groups excluding carboxylic acids is 1. The van der Waals surface area contributed by atoms with Gasteiger partial charge in [0.25, 0.3) is 0 Å². The van der Waals surface area contributed by atoms with Crippen LogP contribution in [0.3, 0.4) is 0 Å². The first-order valence-electron chi connectivity index (χ1n) is 3.28. The van der Waals surface area contributed by atoms with E-state index in [4.69, 9.17) is 5.11 Å². The van der Waals surface area contributed by atoms with Crippen LogP contribution in [0.25, 0.3) is 0 Å². The molecule has 13 heavy (non-hydrogen) atoms. The molecule has 0 saturated carbocycles. The van der Waals surface area contributed by atoms with Crippen molar-refractivity contribution in [1.29, 1.82) is 0 Å². The summed E-state index contributed by atoms with van der Waals surface area (Å²) in [5, 5.41) is 9.00. The molecule has 1 N–H and O–H groups in total. The second-order valence-corrected chi connectivity index (χ2v) is 2.85. The first kappa shape index (κ1) is 9.66. The minimum atomic E-state index is -1.20. The topological polar surface area (TPSA) is 80.1 Å². The Morgan fingerprint density at radius 1 is 1.69 bits per heavy atom. The molecule has 1 aromatic rings. The molecule has 1 aromatic heterocycles. The highest BCUT2D eigenvalue weighted by molar-refractivity contribution is 7.98. The Hall–Kier alpha value is -1.43. The Kier molecular flexibility index (Phi) is 2.97. The molecule has 0 aromatic carbocycles. The highest BCUT2D eigenvalue weighted by atomic mass is 32.2. The summed E-state index contributed by atoms with van der Waals surface area (Å²) in [6.45, 7) is 0. The number of hydrogen-bond acceptors (Lipinski definition) is 5. The molecule has 1 rings (SSSR count). The van der Waals surface area contributed by atoms with Crippen LogP contribution in [0.15, 0.2) is 11.4 Å². The highest BCUT2D eigenvalue weighted by Crippen LogP contribution is 2.10. The lowest BCUT2D eigenvalue weighted by Gasteiger charge is -1.98. The molecule has 0 fully saturated rings. The molecule has 0 radical (unpaired) electrons. The van der Waals surface area contributed by atoms with E-state index in [2.05, 4.69) is 9.97 Å². The summed E-state index contributed by atoms with van der Waals surface area (Å²) in [4.78, 5) is 28.4. The van der Waals surface area contributed by atoms with Crippen LogP contribution in [-0.4, -0.2) is 33.6 Å². The van der Waals surface area contributed by atoms with Crippen molar-refractivity contribution in [3.8, 4) is 0 Å². The zero-order chi connectivity index (χ0) is 9.84. The number of aromatic carboxylic acids is 1. The fourth-order valence-electron chi connectivity index (χ4n) is 0.731. The minimum absolute atomic E-state index is 0.0909. The molecule has 0 amide bonds. The molecule has 0 spiro atoms. The van der Waals surface area contributed by atoms with Crippen LogP contribution < -0.4 is 0 Å². The van der Waals surface area contributed by atoms with Gasteiger partial charge in [-0.1, -0.05) is 11.8 Å². The number of carboxylic acid groups (broad SMARTS) is 1. The van der Waals surface area contributed by atoms with E-state index in [-0.39, 0.29) is 11.3 Å². The van der Waals surface area contributed by atoms with E-state index in [0.29, 0.717) is 11.4 Å². The van der Waals surface area contributed by atoms with Crippen molar-refractivity contribution in [2.45, 2.75) is 5.16 Å². The molecule has 0 unspecified atom stereocenters. The van der Waals surface area contributed by atoms with Crippen molar-refractivity contribution in [2.24, 2.45) is 0 Å². The van der Waals surface area contributed by atoms with Crippen molar-refractivity contribution in [3.05, 3.63) is 17.5 Å². The number of aromatic nitrogens is 2. The average molecular weight is 198 g/mol. The van der Waals surface area contributed by atoms with Gasteiger partial charge in [0.15, 0.2) is 11.4 Å². The van der Waals surface area contributed by atoms with Gasteiger partial charge in [0, 0.05) is 6.20 Å². The zero-order valence-electron chi connectivity index (χ0n) is 6.72. The van der Waals surface area contributed by atoms with Gasteiger partial charge in [-0.3, -0.25) is 4.79 Å². The van der Waals surface area contributed by atoms with E-state index in [1.807, 2.05) is 0 Å². The van der Waals surface area contributed by atoms with Crippen LogP contribution in [0.2, 0.25) is 0 Å². The van der Waals surface area contributed by atoms with Crippen LogP contribution >= 0.6 is 11.8 Å². The molecular weight excluding hydrogens is 192 g/mol. The maximum Gasteiger partial charge on any atom is 0.339 e. The Labute approximate surface area is 78.2 Å². The van der Waals surface area contributed by atoms with Gasteiger partial charge in [0.05, 0.1) is 0 Å². The molecule has 0 aliphatic heterocycles. The maximum absolute atomic E-state index is 10.5. The molecule has 0 bridgehead atoms. The summed E-state index contributed by atoms with van der Waals surface area (Å²) in [6, 6.07) is 0. The molecule has 0 aliphatic carbocycles. The fraction of sp³-hybridized carbons (Fsp3) is 0.143. The largest absolute Gasteiger partial charge is 0.478 e. The number of carbonyl (C=O) groups is 2. The predicted molar refractivity (Wildman–Crippen MR) is 46.2 cm³/mol. The van der Waals surface area contributed by atoms with Gasteiger partial charge in [0.1, 0.15) is 11.3 Å². The lowest BCUT2D eigenvalue weighted by atomic mass is 10.2. The first-order valence-corrected chi connectivity index (χ1v) is 4.51. The van der Waals surface area contributed by atoms with Gasteiger partial charge in [-0.2, -0.15) is 0 Å². The lowest BCUT2D eigenvalue weighted by Crippen LogP contribution is -2.06. The normalized spacial score (nSPS) is 9.62. The Morgan fingerprint density at radius 3 is 2.85 bits per heavy atom. The quantitative estimate of drug-likeness (QED) is 0.437. The summed E-state index contributed by atoms with van der Waals surface area (Å²) < 4.78 is 0. The fourth-order valence-corrected chi connectivity index (χ4v) is 1.08. The lowest BCUT2D eigenvalue weighted by molar-refractivity contribution is 0.0692. The zero-order valence-corrected chi connectivity index (χ0v) is 7.54. The average Bonchev–Trinajstić information content (AvgIpc) is 2.16. The Bertz CT molecular complexity index is 354. The van der Waals surface area contributed by atoms with Crippen LogP contribution in [0.4, 0.5) is 0 Å². The number of carboxylic acids is 1. The number of hydrogen-bond donors (Lipinski definition) is 1.